The lowest BCUT2D eigenvalue weighted by atomic mass is 9.68. The van der Waals surface area contributed by atoms with Gasteiger partial charge in [-0.3, -0.25) is 14.9 Å². The van der Waals surface area contributed by atoms with E-state index in [4.69, 9.17) is 4.74 Å². The van der Waals surface area contributed by atoms with Crippen LogP contribution in [0.2, 0.25) is 0 Å². The second kappa shape index (κ2) is 4.55. The number of fused-ring (bicyclic) bond motifs is 1. The normalized spacial score (nSPS) is 20.1. The molecule has 0 N–H and O–H groups in total. The first kappa shape index (κ1) is 13.5. The zero-order valence-corrected chi connectivity index (χ0v) is 11.8. The van der Waals surface area contributed by atoms with Crippen molar-refractivity contribution in [2.24, 2.45) is 5.41 Å². The molecule has 5 nitrogen and oxygen atoms in total. The molecule has 3 rings (SSSR count). The monoisotopic (exact) mass is 285 g/mol. The predicted molar refractivity (Wildman–Crippen MR) is 78.4 cm³/mol. The number of hydrogen-bond donors (Lipinski definition) is 0. The van der Waals surface area contributed by atoms with Gasteiger partial charge in [-0.2, -0.15) is 0 Å². The summed E-state index contributed by atoms with van der Waals surface area (Å²) < 4.78 is 5.94. The van der Waals surface area contributed by atoms with Gasteiger partial charge in [-0.05, 0) is 26.0 Å². The Labute approximate surface area is 121 Å². The first-order valence-electron chi connectivity index (χ1n) is 6.77. The molecule has 0 bridgehead atoms. The first-order chi connectivity index (χ1) is 9.91. The third-order valence-electron chi connectivity index (χ3n) is 4.22. The average molecular weight is 285 g/mol. The molecule has 2 aromatic rings. The molecule has 1 atom stereocenters. The molecule has 21 heavy (non-hydrogen) atoms. The number of carbonyl (C=O) groups excluding carboxylic acids is 1. The molecule has 108 valence electrons. The van der Waals surface area contributed by atoms with Crippen molar-refractivity contribution < 1.29 is 14.5 Å². The molecule has 0 heterocycles. The Balaban J connectivity index is 2.03. The molecule has 0 aromatic heterocycles. The van der Waals surface area contributed by atoms with Gasteiger partial charge in [-0.15, -0.1) is 0 Å². The summed E-state index contributed by atoms with van der Waals surface area (Å²) in [6.45, 7) is 3.72. The van der Waals surface area contributed by atoms with Crippen LogP contribution in [0.5, 0.6) is 5.75 Å². The van der Waals surface area contributed by atoms with Gasteiger partial charge in [0.05, 0.1) is 15.7 Å². The lowest BCUT2D eigenvalue weighted by molar-refractivity contribution is -0.383. The second-order valence-electron chi connectivity index (χ2n) is 5.84. The number of Topliss-reactive ketones (excluding diaryl/α,β-unsaturated/α-hetero) is 1. The number of nitro groups is 1. The molecular weight excluding hydrogens is 270 g/mol. The third-order valence-corrected chi connectivity index (χ3v) is 4.22. The number of non-ortho nitro benzene ring substituents is 1. The Morgan fingerprint density at radius 3 is 2.43 bits per heavy atom. The van der Waals surface area contributed by atoms with Gasteiger partial charge >= 0.3 is 0 Å². The summed E-state index contributed by atoms with van der Waals surface area (Å²) in [7, 11) is 0. The van der Waals surface area contributed by atoms with E-state index in [1.807, 2.05) is 19.9 Å². The average Bonchev–Trinajstić information content (AvgIpc) is 2.46. The molecule has 0 aliphatic heterocycles. The predicted octanol–water partition coefficient (Wildman–Crippen LogP) is 3.49. The minimum absolute atomic E-state index is 0.0573. The summed E-state index contributed by atoms with van der Waals surface area (Å²) in [6.07, 6.45) is 0.202. The molecular formula is C16H15NO4. The Morgan fingerprint density at radius 1 is 1.19 bits per heavy atom. The van der Waals surface area contributed by atoms with Crippen LogP contribution in [0.1, 0.15) is 20.3 Å². The maximum Gasteiger partial charge on any atom is 0.277 e. The second-order valence-corrected chi connectivity index (χ2v) is 5.84. The van der Waals surface area contributed by atoms with Gasteiger partial charge < -0.3 is 4.74 Å². The molecule has 5 heteroatoms. The van der Waals surface area contributed by atoms with E-state index >= 15 is 0 Å². The lowest BCUT2D eigenvalue weighted by Gasteiger charge is -2.42. The van der Waals surface area contributed by atoms with Crippen LogP contribution in [0.4, 0.5) is 5.69 Å². The van der Waals surface area contributed by atoms with Crippen LogP contribution in [0, 0.1) is 15.5 Å². The fraction of sp³-hybridized carbons (Fsp3) is 0.312. The molecule has 0 radical (unpaired) electrons. The van der Waals surface area contributed by atoms with Gasteiger partial charge in [0, 0.05) is 17.9 Å². The highest BCUT2D eigenvalue weighted by atomic mass is 16.6. The smallest absolute Gasteiger partial charge is 0.277 e. The number of nitrogens with zero attached hydrogens (tertiary/aromatic N) is 1. The number of nitro benzene ring substituents is 1. The van der Waals surface area contributed by atoms with Crippen molar-refractivity contribution in [2.45, 2.75) is 26.4 Å². The summed E-state index contributed by atoms with van der Waals surface area (Å²) in [5, 5.41) is 12.3. The van der Waals surface area contributed by atoms with Crippen LogP contribution in [0.25, 0.3) is 10.8 Å². The highest BCUT2D eigenvalue weighted by Gasteiger charge is 2.49. The van der Waals surface area contributed by atoms with Crippen LogP contribution >= 0.6 is 0 Å². The van der Waals surface area contributed by atoms with Crippen LogP contribution < -0.4 is 4.74 Å². The van der Waals surface area contributed by atoms with Gasteiger partial charge in [0.15, 0.2) is 0 Å². The van der Waals surface area contributed by atoms with Crippen molar-refractivity contribution in [3.8, 4) is 5.75 Å². The van der Waals surface area contributed by atoms with Crippen molar-refractivity contribution in [2.75, 3.05) is 0 Å². The molecule has 1 unspecified atom stereocenters. The quantitative estimate of drug-likeness (QED) is 0.639. The summed E-state index contributed by atoms with van der Waals surface area (Å²) in [5.74, 6) is 0.764. The number of ether oxygens (including phenoxy) is 1. The van der Waals surface area contributed by atoms with Crippen molar-refractivity contribution in [1.29, 1.82) is 0 Å². The summed E-state index contributed by atoms with van der Waals surface area (Å²) in [5.41, 5.74) is -0.440. The van der Waals surface area contributed by atoms with Gasteiger partial charge in [-0.1, -0.05) is 18.2 Å². The maximum absolute atomic E-state index is 11.6. The van der Waals surface area contributed by atoms with Crippen LogP contribution in [-0.4, -0.2) is 16.8 Å². The Bertz CT molecular complexity index is 751. The lowest BCUT2D eigenvalue weighted by Crippen LogP contribution is -2.53. The number of rotatable bonds is 3. The van der Waals surface area contributed by atoms with E-state index in [1.54, 1.807) is 24.3 Å². The molecule has 1 aliphatic rings. The summed E-state index contributed by atoms with van der Waals surface area (Å²) in [4.78, 5) is 22.3. The van der Waals surface area contributed by atoms with Crippen molar-refractivity contribution in [1.82, 2.24) is 0 Å². The molecule has 1 aliphatic carbocycles. The molecule has 1 saturated carbocycles. The topological polar surface area (TPSA) is 69.4 Å². The maximum atomic E-state index is 11.6. The molecule has 0 amide bonds. The SMILES string of the molecule is CC1(C)C(=O)CC1Oc1ccc([N+](=O)[O-])c2ccccc12. The number of ketones is 1. The zero-order valence-electron chi connectivity index (χ0n) is 11.8. The van der Waals surface area contributed by atoms with Gasteiger partial charge in [0.2, 0.25) is 0 Å². The minimum Gasteiger partial charge on any atom is -0.488 e. The molecule has 0 spiro atoms. The molecule has 2 aromatic carbocycles. The van der Waals surface area contributed by atoms with E-state index in [9.17, 15) is 14.9 Å². The zero-order chi connectivity index (χ0) is 15.2. The largest absolute Gasteiger partial charge is 0.488 e. The minimum atomic E-state index is -0.497. The van der Waals surface area contributed by atoms with Gasteiger partial charge in [0.25, 0.3) is 5.69 Å². The van der Waals surface area contributed by atoms with E-state index < -0.39 is 10.3 Å². The standard InChI is InChI=1S/C16H15NO4/c1-16(2)14(18)9-15(16)21-13-8-7-12(17(19)20)10-5-3-4-6-11(10)13/h3-8,15H,9H2,1-2H3. The molecule has 0 saturated heterocycles. The number of carbonyl (C=O) groups is 1. The van der Waals surface area contributed by atoms with Crippen molar-refractivity contribution in [3.63, 3.8) is 0 Å². The summed E-state index contributed by atoms with van der Waals surface area (Å²) >= 11 is 0. The van der Waals surface area contributed by atoms with E-state index in [0.717, 1.165) is 0 Å². The Kier molecular flexibility index (Phi) is 2.93. The fourth-order valence-corrected chi connectivity index (χ4v) is 2.59. The number of benzene rings is 2. The first-order valence-corrected chi connectivity index (χ1v) is 6.77. The van der Waals surface area contributed by atoms with Crippen LogP contribution in [-0.2, 0) is 4.79 Å². The van der Waals surface area contributed by atoms with Crippen molar-refractivity contribution >= 4 is 22.2 Å². The number of hydrogen-bond acceptors (Lipinski definition) is 4. The van der Waals surface area contributed by atoms with E-state index in [0.29, 0.717) is 22.9 Å². The highest BCUT2D eigenvalue weighted by molar-refractivity contribution is 5.96. The fourth-order valence-electron chi connectivity index (χ4n) is 2.59. The van der Waals surface area contributed by atoms with Gasteiger partial charge in [-0.25, -0.2) is 0 Å². The highest BCUT2D eigenvalue weighted by Crippen LogP contribution is 2.41. The Morgan fingerprint density at radius 2 is 1.86 bits per heavy atom. The van der Waals surface area contributed by atoms with E-state index in [2.05, 4.69) is 0 Å². The van der Waals surface area contributed by atoms with E-state index in [-0.39, 0.29) is 17.6 Å². The Hall–Kier alpha value is -2.43. The summed E-state index contributed by atoms with van der Waals surface area (Å²) in [6, 6.07) is 10.1. The molecule has 1 fully saturated rings. The van der Waals surface area contributed by atoms with E-state index in [1.165, 1.54) is 6.07 Å². The van der Waals surface area contributed by atoms with Crippen LogP contribution in [0.3, 0.4) is 0 Å². The third kappa shape index (κ3) is 2.05. The van der Waals surface area contributed by atoms with Crippen LogP contribution in [0.15, 0.2) is 36.4 Å². The van der Waals surface area contributed by atoms with Crippen molar-refractivity contribution in [3.05, 3.63) is 46.5 Å². The van der Waals surface area contributed by atoms with Gasteiger partial charge in [0.1, 0.15) is 17.6 Å².